The van der Waals surface area contributed by atoms with Crippen LogP contribution in [-0.4, -0.2) is 24.1 Å². The van der Waals surface area contributed by atoms with Gasteiger partial charge in [0, 0.05) is 19.8 Å². The van der Waals surface area contributed by atoms with Crippen molar-refractivity contribution in [2.45, 2.75) is 13.3 Å². The van der Waals surface area contributed by atoms with Gasteiger partial charge in [0.05, 0.1) is 5.39 Å². The molecular formula is C16H18N4S. The van der Waals surface area contributed by atoms with Gasteiger partial charge in [0.15, 0.2) is 0 Å². The smallest absolute Gasteiger partial charge is 0.225 e. The van der Waals surface area contributed by atoms with E-state index in [4.69, 9.17) is 0 Å². The van der Waals surface area contributed by atoms with Crippen LogP contribution in [0.1, 0.15) is 12.5 Å². The fraction of sp³-hybridized carbons (Fsp3) is 0.250. The van der Waals surface area contributed by atoms with Crippen molar-refractivity contribution >= 4 is 39.0 Å². The Morgan fingerprint density at radius 2 is 1.90 bits per heavy atom. The van der Waals surface area contributed by atoms with Gasteiger partial charge in [-0.05, 0) is 35.6 Å². The summed E-state index contributed by atoms with van der Waals surface area (Å²) in [6, 6.07) is 10.7. The summed E-state index contributed by atoms with van der Waals surface area (Å²) in [6.45, 7) is 2.16. The van der Waals surface area contributed by atoms with Crippen molar-refractivity contribution in [1.82, 2.24) is 9.97 Å². The van der Waals surface area contributed by atoms with E-state index in [0.29, 0.717) is 5.95 Å². The number of hydrogen-bond acceptors (Lipinski definition) is 5. The molecule has 0 amide bonds. The molecule has 2 heterocycles. The van der Waals surface area contributed by atoms with Crippen LogP contribution >= 0.6 is 11.3 Å². The van der Waals surface area contributed by atoms with E-state index in [0.717, 1.165) is 28.1 Å². The Labute approximate surface area is 128 Å². The second-order valence-electron chi connectivity index (χ2n) is 4.84. The van der Waals surface area contributed by atoms with Crippen LogP contribution < -0.4 is 10.2 Å². The SMILES string of the molecule is CCc1ccc(N(C)c2nc(NC)nc3sccc23)cc1. The zero-order valence-electron chi connectivity index (χ0n) is 12.4. The molecule has 0 bridgehead atoms. The van der Waals surface area contributed by atoms with Crippen LogP contribution in [0.25, 0.3) is 10.2 Å². The van der Waals surface area contributed by atoms with Crippen LogP contribution in [0.2, 0.25) is 0 Å². The van der Waals surface area contributed by atoms with E-state index in [-0.39, 0.29) is 0 Å². The molecule has 2 aromatic heterocycles. The van der Waals surface area contributed by atoms with Gasteiger partial charge in [-0.15, -0.1) is 11.3 Å². The zero-order valence-corrected chi connectivity index (χ0v) is 13.2. The maximum Gasteiger partial charge on any atom is 0.225 e. The largest absolute Gasteiger partial charge is 0.357 e. The Hall–Kier alpha value is -2.14. The minimum absolute atomic E-state index is 0.650. The van der Waals surface area contributed by atoms with E-state index < -0.39 is 0 Å². The Kier molecular flexibility index (Phi) is 3.75. The zero-order chi connectivity index (χ0) is 14.8. The number of hydrogen-bond donors (Lipinski definition) is 1. The molecule has 3 rings (SSSR count). The number of anilines is 3. The Bertz CT molecular complexity index is 749. The van der Waals surface area contributed by atoms with Gasteiger partial charge in [0.1, 0.15) is 10.6 Å². The molecule has 21 heavy (non-hydrogen) atoms. The normalized spacial score (nSPS) is 10.8. The Morgan fingerprint density at radius 1 is 1.14 bits per heavy atom. The van der Waals surface area contributed by atoms with Crippen molar-refractivity contribution in [2.75, 3.05) is 24.3 Å². The van der Waals surface area contributed by atoms with E-state index in [1.165, 1.54) is 5.56 Å². The quantitative estimate of drug-likeness (QED) is 0.788. The van der Waals surface area contributed by atoms with Crippen molar-refractivity contribution in [3.63, 3.8) is 0 Å². The van der Waals surface area contributed by atoms with Crippen molar-refractivity contribution in [3.8, 4) is 0 Å². The third kappa shape index (κ3) is 2.56. The predicted octanol–water partition coefficient (Wildman–Crippen LogP) is 4.06. The lowest BCUT2D eigenvalue weighted by molar-refractivity contribution is 1.10. The molecule has 0 radical (unpaired) electrons. The molecule has 108 valence electrons. The second-order valence-corrected chi connectivity index (χ2v) is 5.73. The summed E-state index contributed by atoms with van der Waals surface area (Å²) < 4.78 is 0. The van der Waals surface area contributed by atoms with Gasteiger partial charge in [-0.1, -0.05) is 19.1 Å². The van der Waals surface area contributed by atoms with Crippen molar-refractivity contribution < 1.29 is 0 Å². The molecule has 0 spiro atoms. The molecular weight excluding hydrogens is 280 g/mol. The molecule has 0 aliphatic rings. The van der Waals surface area contributed by atoms with Gasteiger partial charge in [0.2, 0.25) is 5.95 Å². The fourth-order valence-electron chi connectivity index (χ4n) is 2.28. The molecule has 1 aromatic carbocycles. The first-order valence-electron chi connectivity index (χ1n) is 6.98. The molecule has 3 aromatic rings. The van der Waals surface area contributed by atoms with E-state index in [1.807, 2.05) is 14.1 Å². The molecule has 0 saturated carbocycles. The number of rotatable bonds is 4. The number of thiophene rings is 1. The van der Waals surface area contributed by atoms with Crippen LogP contribution in [0.15, 0.2) is 35.7 Å². The minimum Gasteiger partial charge on any atom is -0.357 e. The van der Waals surface area contributed by atoms with E-state index >= 15 is 0 Å². The maximum absolute atomic E-state index is 4.62. The monoisotopic (exact) mass is 298 g/mol. The van der Waals surface area contributed by atoms with Gasteiger partial charge in [-0.2, -0.15) is 4.98 Å². The van der Waals surface area contributed by atoms with Gasteiger partial charge in [-0.25, -0.2) is 4.98 Å². The molecule has 0 aliphatic heterocycles. The molecule has 4 nitrogen and oxygen atoms in total. The second kappa shape index (κ2) is 5.69. The third-order valence-electron chi connectivity index (χ3n) is 3.58. The first-order valence-corrected chi connectivity index (χ1v) is 7.86. The molecule has 0 saturated heterocycles. The first-order chi connectivity index (χ1) is 10.2. The average molecular weight is 298 g/mol. The van der Waals surface area contributed by atoms with Crippen LogP contribution in [-0.2, 0) is 6.42 Å². The number of fused-ring (bicyclic) bond motifs is 1. The Balaban J connectivity index is 2.07. The lowest BCUT2D eigenvalue weighted by Gasteiger charge is -2.20. The molecule has 1 N–H and O–H groups in total. The summed E-state index contributed by atoms with van der Waals surface area (Å²) in [5, 5.41) is 6.17. The number of benzene rings is 1. The lowest BCUT2D eigenvalue weighted by atomic mass is 10.1. The van der Waals surface area contributed by atoms with Crippen molar-refractivity contribution in [3.05, 3.63) is 41.3 Å². The summed E-state index contributed by atoms with van der Waals surface area (Å²) in [5.41, 5.74) is 2.46. The standard InChI is InChI=1S/C16H18N4S/c1-4-11-5-7-12(8-6-11)20(3)14-13-9-10-21-15(13)19-16(17-2)18-14/h5-10H,4H2,1-3H3,(H,17,18,19). The lowest BCUT2D eigenvalue weighted by Crippen LogP contribution is -2.13. The van der Waals surface area contributed by atoms with Crippen LogP contribution in [0, 0.1) is 0 Å². The molecule has 0 aliphatic carbocycles. The van der Waals surface area contributed by atoms with E-state index in [9.17, 15) is 0 Å². The summed E-state index contributed by atoms with van der Waals surface area (Å²) in [7, 11) is 3.88. The summed E-state index contributed by atoms with van der Waals surface area (Å²) in [6.07, 6.45) is 1.05. The van der Waals surface area contributed by atoms with Gasteiger partial charge in [-0.3, -0.25) is 0 Å². The van der Waals surface area contributed by atoms with E-state index in [1.54, 1.807) is 11.3 Å². The van der Waals surface area contributed by atoms with Gasteiger partial charge in [0.25, 0.3) is 0 Å². The Morgan fingerprint density at radius 3 is 2.57 bits per heavy atom. The average Bonchev–Trinajstić information content (AvgIpc) is 3.01. The predicted molar refractivity (Wildman–Crippen MR) is 90.8 cm³/mol. The highest BCUT2D eigenvalue weighted by Crippen LogP contribution is 2.32. The number of nitrogens with one attached hydrogen (secondary N) is 1. The third-order valence-corrected chi connectivity index (χ3v) is 4.38. The number of aromatic nitrogens is 2. The molecule has 0 unspecified atom stereocenters. The topological polar surface area (TPSA) is 41.1 Å². The summed E-state index contributed by atoms with van der Waals surface area (Å²) in [5.74, 6) is 1.58. The minimum atomic E-state index is 0.650. The van der Waals surface area contributed by atoms with Crippen LogP contribution in [0.3, 0.4) is 0 Å². The van der Waals surface area contributed by atoms with Crippen molar-refractivity contribution in [1.29, 1.82) is 0 Å². The first kappa shape index (κ1) is 13.8. The van der Waals surface area contributed by atoms with E-state index in [2.05, 4.69) is 62.8 Å². The number of aryl methyl sites for hydroxylation is 1. The highest BCUT2D eigenvalue weighted by atomic mass is 32.1. The van der Waals surface area contributed by atoms with Gasteiger partial charge >= 0.3 is 0 Å². The fourth-order valence-corrected chi connectivity index (χ4v) is 3.04. The van der Waals surface area contributed by atoms with Gasteiger partial charge < -0.3 is 10.2 Å². The summed E-state index contributed by atoms with van der Waals surface area (Å²) in [4.78, 5) is 12.2. The molecule has 5 heteroatoms. The maximum atomic E-state index is 4.62. The molecule has 0 fully saturated rings. The summed E-state index contributed by atoms with van der Waals surface area (Å²) >= 11 is 1.63. The van der Waals surface area contributed by atoms with Crippen molar-refractivity contribution in [2.24, 2.45) is 0 Å². The van der Waals surface area contributed by atoms with Crippen LogP contribution in [0.4, 0.5) is 17.5 Å². The molecule has 0 atom stereocenters. The van der Waals surface area contributed by atoms with Crippen LogP contribution in [0.5, 0.6) is 0 Å². The number of nitrogens with zero attached hydrogens (tertiary/aromatic N) is 3. The highest BCUT2D eigenvalue weighted by molar-refractivity contribution is 7.16. The highest BCUT2D eigenvalue weighted by Gasteiger charge is 2.13.